The minimum absolute atomic E-state index is 0. The zero-order chi connectivity index (χ0) is 24.4. The Labute approximate surface area is 226 Å². The van der Waals surface area contributed by atoms with Crippen LogP contribution in [0, 0.1) is 0 Å². The van der Waals surface area contributed by atoms with Gasteiger partial charge in [-0.25, -0.2) is 4.79 Å². The molecular formula is C25H35ClN4O4S2. The number of rotatable bonds is 2. The fourth-order valence-corrected chi connectivity index (χ4v) is 6.42. The summed E-state index contributed by atoms with van der Waals surface area (Å²) in [4.78, 5) is 13.8. The molecule has 0 spiro atoms. The minimum Gasteiger partial charge on any atom is -0.444 e. The molecule has 0 aromatic carbocycles. The number of carbonyl (C=O) groups is 1. The molecule has 0 bridgehead atoms. The second-order valence-electron chi connectivity index (χ2n) is 10.1. The summed E-state index contributed by atoms with van der Waals surface area (Å²) in [5.41, 5.74) is 3.59. The molecule has 11 heteroatoms. The zero-order valence-electron chi connectivity index (χ0n) is 20.8. The zero-order valence-corrected chi connectivity index (χ0v) is 23.3. The van der Waals surface area contributed by atoms with Crippen molar-refractivity contribution in [1.82, 2.24) is 20.5 Å². The normalized spacial score (nSPS) is 17.6. The molecule has 8 nitrogen and oxygen atoms in total. The van der Waals surface area contributed by atoms with Gasteiger partial charge in [0.25, 0.3) is 0 Å². The van der Waals surface area contributed by atoms with Crippen molar-refractivity contribution in [3.63, 3.8) is 0 Å². The van der Waals surface area contributed by atoms with Crippen molar-refractivity contribution in [1.29, 1.82) is 0 Å². The van der Waals surface area contributed by atoms with Gasteiger partial charge in [-0.15, -0.1) is 35.1 Å². The Bertz CT molecular complexity index is 1270. The van der Waals surface area contributed by atoms with Gasteiger partial charge in [-0.3, -0.25) is 0 Å². The van der Waals surface area contributed by atoms with Gasteiger partial charge >= 0.3 is 6.09 Å². The second kappa shape index (κ2) is 11.5. The van der Waals surface area contributed by atoms with Crippen LogP contribution in [-0.2, 0) is 4.74 Å². The van der Waals surface area contributed by atoms with E-state index in [4.69, 9.17) is 13.8 Å². The molecule has 1 N–H and O–H groups in total. The molecule has 6 rings (SSSR count). The molecule has 4 aromatic rings. The SMILES string of the molecule is CC(C)(C)OC(=O)N1CCC(c2noc3ccsc23)CC1.Cl.[HH].c1cc2onc(C3CCNCC3)c2s1. The summed E-state index contributed by atoms with van der Waals surface area (Å²) in [6.07, 6.45) is 3.94. The molecule has 198 valence electrons. The van der Waals surface area contributed by atoms with Gasteiger partial charge in [0.1, 0.15) is 17.0 Å². The predicted octanol–water partition coefficient (Wildman–Crippen LogP) is 7.03. The van der Waals surface area contributed by atoms with Crippen molar-refractivity contribution in [3.8, 4) is 0 Å². The molecule has 4 aromatic heterocycles. The topological polar surface area (TPSA) is 93.6 Å². The Kier molecular flexibility index (Phi) is 8.59. The van der Waals surface area contributed by atoms with Crippen LogP contribution in [0.1, 0.15) is 71.1 Å². The molecule has 0 unspecified atom stereocenters. The minimum atomic E-state index is -0.441. The van der Waals surface area contributed by atoms with Crippen LogP contribution in [0.5, 0.6) is 0 Å². The Hall–Kier alpha value is -2.14. The molecule has 2 aliphatic rings. The third kappa shape index (κ3) is 6.04. The molecule has 1 amide bonds. The number of amides is 1. The third-order valence-corrected chi connectivity index (χ3v) is 8.30. The van der Waals surface area contributed by atoms with E-state index < -0.39 is 5.60 Å². The molecule has 2 saturated heterocycles. The van der Waals surface area contributed by atoms with E-state index in [1.54, 1.807) is 27.6 Å². The first-order chi connectivity index (χ1) is 16.9. The number of fused-ring (bicyclic) bond motifs is 2. The van der Waals surface area contributed by atoms with E-state index in [9.17, 15) is 4.79 Å². The van der Waals surface area contributed by atoms with E-state index in [0.29, 0.717) is 24.9 Å². The summed E-state index contributed by atoms with van der Waals surface area (Å²) in [5.74, 6) is 0.958. The molecule has 0 saturated carbocycles. The first-order valence-corrected chi connectivity index (χ1v) is 14.0. The number of thiophene rings is 2. The average molecular weight is 555 g/mol. The standard InChI is InChI=1S/C15H20N2O3S.C10H12N2OS.ClH.H2/c1-15(2,3)19-14(18)17-7-4-10(5-8-17)12-13-11(20-16-12)6-9-21-13;1-4-11-5-2-7(1)9-10-8(13-12-9)3-6-14-10;;/h6,9-10H,4-5,7-8H2,1-3H3;3,6-7,11H,1-2,4-5H2;2*1H. The van der Waals surface area contributed by atoms with E-state index in [1.807, 2.05) is 38.3 Å². The number of carbonyl (C=O) groups excluding carboxylic acids is 1. The highest BCUT2D eigenvalue weighted by Crippen LogP contribution is 2.35. The Morgan fingerprint density at radius 1 is 0.972 bits per heavy atom. The maximum Gasteiger partial charge on any atom is 0.410 e. The molecule has 6 heterocycles. The van der Waals surface area contributed by atoms with Crippen molar-refractivity contribution < 1.29 is 20.0 Å². The van der Waals surface area contributed by atoms with Crippen LogP contribution in [0.4, 0.5) is 4.79 Å². The van der Waals surface area contributed by atoms with Crippen molar-refractivity contribution >= 4 is 61.7 Å². The quantitative estimate of drug-likeness (QED) is 0.284. The van der Waals surface area contributed by atoms with Gasteiger partial charge in [0.15, 0.2) is 11.2 Å². The van der Waals surface area contributed by atoms with Gasteiger partial charge in [0.2, 0.25) is 0 Å². The highest BCUT2D eigenvalue weighted by Gasteiger charge is 2.30. The summed E-state index contributed by atoms with van der Waals surface area (Å²) in [5, 5.41) is 15.9. The predicted molar refractivity (Wildman–Crippen MR) is 148 cm³/mol. The highest BCUT2D eigenvalue weighted by molar-refractivity contribution is 7.17. The van der Waals surface area contributed by atoms with Crippen molar-refractivity contribution in [2.75, 3.05) is 26.2 Å². The van der Waals surface area contributed by atoms with Gasteiger partial charge in [-0.2, -0.15) is 0 Å². The summed E-state index contributed by atoms with van der Waals surface area (Å²) < 4.78 is 18.4. The number of piperidine rings is 2. The number of hydrogen-bond donors (Lipinski definition) is 1. The van der Waals surface area contributed by atoms with E-state index in [0.717, 1.165) is 47.5 Å². The molecule has 2 fully saturated rings. The number of nitrogens with one attached hydrogen (secondary N) is 1. The van der Waals surface area contributed by atoms with Crippen molar-refractivity contribution in [3.05, 3.63) is 34.3 Å². The molecule has 2 aliphatic heterocycles. The largest absolute Gasteiger partial charge is 0.444 e. The lowest BCUT2D eigenvalue weighted by atomic mass is 9.94. The average Bonchev–Trinajstić information content (AvgIpc) is 3.61. The molecular weight excluding hydrogens is 520 g/mol. The van der Waals surface area contributed by atoms with Crippen LogP contribution >= 0.6 is 35.1 Å². The van der Waals surface area contributed by atoms with Crippen LogP contribution in [-0.4, -0.2) is 53.1 Å². The number of nitrogens with zero attached hydrogens (tertiary/aromatic N) is 3. The number of likely N-dealkylation sites (tertiary alicyclic amines) is 1. The summed E-state index contributed by atoms with van der Waals surface area (Å²) in [7, 11) is 0. The van der Waals surface area contributed by atoms with Gasteiger partial charge < -0.3 is 24.0 Å². The van der Waals surface area contributed by atoms with Gasteiger partial charge in [-0.05, 0) is 82.4 Å². The number of hydrogen-bond acceptors (Lipinski definition) is 9. The number of aromatic nitrogens is 2. The maximum atomic E-state index is 12.0. The monoisotopic (exact) mass is 554 g/mol. The number of ether oxygens (including phenoxy) is 1. The maximum absolute atomic E-state index is 12.0. The lowest BCUT2D eigenvalue weighted by Crippen LogP contribution is -2.41. The summed E-state index contributed by atoms with van der Waals surface area (Å²) >= 11 is 3.41. The smallest absolute Gasteiger partial charge is 0.410 e. The van der Waals surface area contributed by atoms with E-state index in [-0.39, 0.29) is 19.9 Å². The van der Waals surface area contributed by atoms with E-state index in [1.165, 1.54) is 23.2 Å². The molecule has 0 aliphatic carbocycles. The van der Waals surface area contributed by atoms with Gasteiger partial charge in [-0.1, -0.05) is 10.3 Å². The Morgan fingerprint density at radius 3 is 1.97 bits per heavy atom. The molecule has 0 atom stereocenters. The van der Waals surface area contributed by atoms with E-state index >= 15 is 0 Å². The van der Waals surface area contributed by atoms with Crippen LogP contribution < -0.4 is 5.32 Å². The molecule has 36 heavy (non-hydrogen) atoms. The fraction of sp³-hybridized carbons (Fsp3) is 0.560. The molecule has 0 radical (unpaired) electrons. The Morgan fingerprint density at radius 2 is 1.47 bits per heavy atom. The van der Waals surface area contributed by atoms with Crippen LogP contribution in [0.3, 0.4) is 0 Å². The number of halogens is 1. The van der Waals surface area contributed by atoms with Crippen LogP contribution in [0.25, 0.3) is 20.6 Å². The lowest BCUT2D eigenvalue weighted by molar-refractivity contribution is 0.0204. The van der Waals surface area contributed by atoms with Gasteiger partial charge in [0.05, 0.1) is 9.40 Å². The summed E-state index contributed by atoms with van der Waals surface area (Å²) in [6.45, 7) is 9.29. The third-order valence-electron chi connectivity index (χ3n) is 6.47. The first kappa shape index (κ1) is 26.9. The fourth-order valence-electron chi connectivity index (χ4n) is 4.67. The highest BCUT2D eigenvalue weighted by atomic mass is 35.5. The second-order valence-corrected chi connectivity index (χ2v) is 12.0. The van der Waals surface area contributed by atoms with Crippen molar-refractivity contribution in [2.45, 2.75) is 63.9 Å². The lowest BCUT2D eigenvalue weighted by Gasteiger charge is -2.32. The van der Waals surface area contributed by atoms with E-state index in [2.05, 4.69) is 21.0 Å². The summed E-state index contributed by atoms with van der Waals surface area (Å²) in [6, 6.07) is 3.95. The van der Waals surface area contributed by atoms with Crippen LogP contribution in [0.2, 0.25) is 0 Å². The first-order valence-electron chi connectivity index (χ1n) is 12.2. The van der Waals surface area contributed by atoms with Crippen molar-refractivity contribution in [2.24, 2.45) is 0 Å². The van der Waals surface area contributed by atoms with Gasteiger partial charge in [0, 0.05) is 26.4 Å². The van der Waals surface area contributed by atoms with Crippen LogP contribution in [0.15, 0.2) is 31.9 Å². The Balaban J connectivity index is 0.000000208.